The van der Waals surface area contributed by atoms with E-state index in [2.05, 4.69) is 10.3 Å². The van der Waals surface area contributed by atoms with Gasteiger partial charge in [-0.2, -0.15) is 0 Å². The molecule has 0 aliphatic carbocycles. The van der Waals surface area contributed by atoms with Crippen LogP contribution in [0, 0.1) is 6.92 Å². The van der Waals surface area contributed by atoms with Crippen molar-refractivity contribution in [2.45, 2.75) is 13.5 Å². The first-order valence-electron chi connectivity index (χ1n) is 7.64. The number of amides is 1. The average molecular weight is 355 g/mol. The normalized spacial score (nSPS) is 10.5. The first kappa shape index (κ1) is 16.9. The molecule has 1 N–H and O–H groups in total. The van der Waals surface area contributed by atoms with Crippen molar-refractivity contribution in [2.24, 2.45) is 7.05 Å². The van der Waals surface area contributed by atoms with E-state index in [1.807, 2.05) is 30.3 Å². The fourth-order valence-electron chi connectivity index (χ4n) is 2.28. The number of nitrogens with one attached hydrogen (secondary N) is 1. The first-order valence-corrected chi connectivity index (χ1v) is 8.46. The number of thiazole rings is 1. The van der Waals surface area contributed by atoms with Crippen molar-refractivity contribution in [1.29, 1.82) is 0 Å². The number of pyridine rings is 1. The molecule has 3 rings (SSSR count). The third-order valence-electron chi connectivity index (χ3n) is 3.50. The highest BCUT2D eigenvalue weighted by molar-refractivity contribution is 7.13. The molecule has 6 nitrogen and oxygen atoms in total. The van der Waals surface area contributed by atoms with E-state index in [-0.39, 0.29) is 11.5 Å². The number of carbonyl (C=O) groups is 1. The Labute approximate surface area is 148 Å². The Morgan fingerprint density at radius 1 is 1.32 bits per heavy atom. The van der Waals surface area contributed by atoms with Crippen LogP contribution in [-0.2, 0) is 13.7 Å². The molecule has 0 fully saturated rings. The average Bonchev–Trinajstić information content (AvgIpc) is 3.08. The summed E-state index contributed by atoms with van der Waals surface area (Å²) in [7, 11) is 1.65. The highest BCUT2D eigenvalue weighted by Gasteiger charge is 2.12. The van der Waals surface area contributed by atoms with Gasteiger partial charge in [-0.15, -0.1) is 11.3 Å². The van der Waals surface area contributed by atoms with Crippen LogP contribution in [0.2, 0.25) is 0 Å². The second-order valence-corrected chi connectivity index (χ2v) is 6.62. The van der Waals surface area contributed by atoms with Crippen LogP contribution in [0.1, 0.15) is 20.2 Å². The molecule has 1 amide bonds. The summed E-state index contributed by atoms with van der Waals surface area (Å²) < 4.78 is 7.07. The Morgan fingerprint density at radius 3 is 2.80 bits per heavy atom. The molecule has 0 unspecified atom stereocenters. The minimum Gasteiger partial charge on any atom is -0.486 e. The van der Waals surface area contributed by atoms with E-state index in [0.717, 1.165) is 5.75 Å². The van der Waals surface area contributed by atoms with Crippen LogP contribution >= 0.6 is 11.3 Å². The third kappa shape index (κ3) is 4.13. The van der Waals surface area contributed by atoms with Crippen molar-refractivity contribution in [2.75, 3.05) is 5.32 Å². The van der Waals surface area contributed by atoms with E-state index >= 15 is 0 Å². The van der Waals surface area contributed by atoms with Crippen LogP contribution in [-0.4, -0.2) is 15.5 Å². The molecule has 0 radical (unpaired) electrons. The molecule has 0 spiro atoms. The molecule has 1 aromatic carbocycles. The number of anilines is 1. The number of nitrogens with zero attached hydrogens (tertiary/aromatic N) is 2. The molecule has 25 heavy (non-hydrogen) atoms. The summed E-state index contributed by atoms with van der Waals surface area (Å²) in [4.78, 5) is 28.7. The van der Waals surface area contributed by atoms with Crippen LogP contribution in [0.4, 0.5) is 5.69 Å². The van der Waals surface area contributed by atoms with Gasteiger partial charge in [0.2, 0.25) is 0 Å². The van der Waals surface area contributed by atoms with Crippen LogP contribution in [0.3, 0.4) is 0 Å². The van der Waals surface area contributed by atoms with Gasteiger partial charge in [0.25, 0.3) is 11.5 Å². The van der Waals surface area contributed by atoms with Gasteiger partial charge in [-0.05, 0) is 25.1 Å². The van der Waals surface area contributed by atoms with Crippen LogP contribution in [0.5, 0.6) is 5.75 Å². The van der Waals surface area contributed by atoms with Gasteiger partial charge >= 0.3 is 0 Å². The molecule has 3 aromatic rings. The standard InChI is InChI=1S/C18H17N3O3S/c1-12-8-13(10-21(2)18(12)23)20-17(22)15-9-19-16(25-15)11-24-14-6-4-3-5-7-14/h3-10H,11H2,1-2H3,(H,20,22). The fourth-order valence-corrected chi connectivity index (χ4v) is 3.01. The van der Waals surface area contributed by atoms with E-state index in [1.54, 1.807) is 26.2 Å². The van der Waals surface area contributed by atoms with Crippen molar-refractivity contribution < 1.29 is 9.53 Å². The van der Waals surface area contributed by atoms with Gasteiger partial charge in [0.1, 0.15) is 22.2 Å². The lowest BCUT2D eigenvalue weighted by atomic mass is 10.3. The molecule has 0 bridgehead atoms. The molecule has 128 valence electrons. The maximum Gasteiger partial charge on any atom is 0.267 e. The summed E-state index contributed by atoms with van der Waals surface area (Å²) in [6, 6.07) is 11.1. The van der Waals surface area contributed by atoms with Gasteiger partial charge in [0, 0.05) is 18.8 Å². The molecule has 0 atom stereocenters. The number of benzene rings is 1. The van der Waals surface area contributed by atoms with Crippen molar-refractivity contribution in [3.8, 4) is 5.75 Å². The number of hydrogen-bond donors (Lipinski definition) is 1. The number of carbonyl (C=O) groups excluding carboxylic acids is 1. The predicted molar refractivity (Wildman–Crippen MR) is 97.3 cm³/mol. The second-order valence-electron chi connectivity index (χ2n) is 5.50. The Kier molecular flexibility index (Phi) is 4.95. The summed E-state index contributed by atoms with van der Waals surface area (Å²) in [5, 5.41) is 3.50. The van der Waals surface area contributed by atoms with Gasteiger partial charge in [0.05, 0.1) is 11.9 Å². The largest absolute Gasteiger partial charge is 0.486 e. The van der Waals surface area contributed by atoms with E-state index in [1.165, 1.54) is 22.1 Å². The van der Waals surface area contributed by atoms with Gasteiger partial charge in [-0.1, -0.05) is 18.2 Å². The SMILES string of the molecule is Cc1cc(NC(=O)c2cnc(COc3ccccc3)s2)cn(C)c1=O. The van der Waals surface area contributed by atoms with Gasteiger partial charge in [0.15, 0.2) is 0 Å². The summed E-state index contributed by atoms with van der Waals surface area (Å²) in [6.07, 6.45) is 3.12. The second kappa shape index (κ2) is 7.31. The fraction of sp³-hybridized carbons (Fsp3) is 0.167. The summed E-state index contributed by atoms with van der Waals surface area (Å²) in [5.74, 6) is 0.492. The molecular formula is C18H17N3O3S. The Bertz CT molecular complexity index is 921. The number of aryl methyl sites for hydroxylation is 2. The lowest BCUT2D eigenvalue weighted by Gasteiger charge is -2.07. The minimum absolute atomic E-state index is 0.0869. The van der Waals surface area contributed by atoms with Gasteiger partial charge in [-0.25, -0.2) is 4.98 Å². The smallest absolute Gasteiger partial charge is 0.267 e. The Balaban J connectivity index is 1.65. The molecule has 0 saturated heterocycles. The zero-order valence-electron chi connectivity index (χ0n) is 13.9. The molecular weight excluding hydrogens is 338 g/mol. The highest BCUT2D eigenvalue weighted by Crippen LogP contribution is 2.18. The first-order chi connectivity index (χ1) is 12.0. The number of ether oxygens (including phenoxy) is 1. The minimum atomic E-state index is -0.262. The number of rotatable bonds is 5. The maximum absolute atomic E-state index is 12.3. The van der Waals surface area contributed by atoms with Crippen LogP contribution in [0.25, 0.3) is 0 Å². The van der Waals surface area contributed by atoms with Gasteiger partial charge in [-0.3, -0.25) is 9.59 Å². The topological polar surface area (TPSA) is 73.2 Å². The molecule has 0 saturated carbocycles. The van der Waals surface area contributed by atoms with Gasteiger partial charge < -0.3 is 14.6 Å². The molecule has 0 aliphatic rings. The molecule has 2 aromatic heterocycles. The molecule has 7 heteroatoms. The van der Waals surface area contributed by atoms with Crippen molar-refractivity contribution >= 4 is 22.9 Å². The Morgan fingerprint density at radius 2 is 2.08 bits per heavy atom. The predicted octanol–water partition coefficient (Wildman–Crippen LogP) is 2.98. The quantitative estimate of drug-likeness (QED) is 0.764. The monoisotopic (exact) mass is 355 g/mol. The summed E-state index contributed by atoms with van der Waals surface area (Å²) in [6.45, 7) is 2.02. The third-order valence-corrected chi connectivity index (χ3v) is 4.47. The summed E-state index contributed by atoms with van der Waals surface area (Å²) in [5.41, 5.74) is 1.05. The number of aromatic nitrogens is 2. The highest BCUT2D eigenvalue weighted by atomic mass is 32.1. The van der Waals surface area contributed by atoms with Crippen LogP contribution in [0.15, 0.2) is 53.6 Å². The van der Waals surface area contributed by atoms with Crippen molar-refractivity contribution in [3.63, 3.8) is 0 Å². The summed E-state index contributed by atoms with van der Waals surface area (Å²) >= 11 is 1.27. The lowest BCUT2D eigenvalue weighted by Crippen LogP contribution is -2.20. The Hall–Kier alpha value is -2.93. The molecule has 0 aliphatic heterocycles. The van der Waals surface area contributed by atoms with Crippen molar-refractivity contribution in [3.05, 3.63) is 74.6 Å². The van der Waals surface area contributed by atoms with Crippen molar-refractivity contribution in [1.82, 2.24) is 9.55 Å². The zero-order valence-corrected chi connectivity index (χ0v) is 14.7. The van der Waals surface area contributed by atoms with E-state index in [4.69, 9.17) is 4.74 Å². The van der Waals surface area contributed by atoms with Crippen LogP contribution < -0.4 is 15.6 Å². The van der Waals surface area contributed by atoms with E-state index in [9.17, 15) is 9.59 Å². The zero-order chi connectivity index (χ0) is 17.8. The van der Waals surface area contributed by atoms with E-state index in [0.29, 0.717) is 27.7 Å². The maximum atomic E-state index is 12.3. The number of hydrogen-bond acceptors (Lipinski definition) is 5. The molecule has 2 heterocycles. The lowest BCUT2D eigenvalue weighted by molar-refractivity contribution is 0.103. The van der Waals surface area contributed by atoms with E-state index < -0.39 is 0 Å². The number of para-hydroxylation sites is 1.